The number of carbonyl (C=O) groups is 1. The van der Waals surface area contributed by atoms with Gasteiger partial charge in [0.2, 0.25) is 5.91 Å². The first-order chi connectivity index (χ1) is 11.6. The van der Waals surface area contributed by atoms with Crippen molar-refractivity contribution in [1.82, 2.24) is 14.8 Å². The van der Waals surface area contributed by atoms with Gasteiger partial charge in [-0.25, -0.2) is 0 Å². The van der Waals surface area contributed by atoms with Gasteiger partial charge in [0.05, 0.1) is 0 Å². The number of nitrogens with zero attached hydrogens (tertiary/aromatic N) is 2. The second kappa shape index (κ2) is 7.67. The van der Waals surface area contributed by atoms with Gasteiger partial charge in [-0.2, -0.15) is 0 Å². The van der Waals surface area contributed by atoms with Crippen LogP contribution in [0.4, 0.5) is 0 Å². The number of nitrogens with one attached hydrogen (secondary N) is 1. The van der Waals surface area contributed by atoms with Crippen molar-refractivity contribution in [2.75, 3.05) is 13.1 Å². The Morgan fingerprint density at radius 2 is 2.00 bits per heavy atom. The van der Waals surface area contributed by atoms with Crippen molar-refractivity contribution in [3.8, 4) is 0 Å². The molecule has 128 valence electrons. The van der Waals surface area contributed by atoms with Crippen molar-refractivity contribution < 1.29 is 4.79 Å². The number of aryl methyl sites for hydroxylation is 2. The average Bonchev–Trinajstić information content (AvgIpc) is 2.98. The van der Waals surface area contributed by atoms with Crippen LogP contribution in [0.15, 0.2) is 42.6 Å². The molecule has 0 saturated heterocycles. The van der Waals surface area contributed by atoms with Crippen LogP contribution in [0, 0.1) is 0 Å². The molecule has 4 heteroatoms. The Labute approximate surface area is 144 Å². The highest BCUT2D eigenvalue weighted by atomic mass is 16.1. The zero-order valence-electron chi connectivity index (χ0n) is 14.7. The number of rotatable bonds is 6. The van der Waals surface area contributed by atoms with E-state index in [1.54, 1.807) is 0 Å². The maximum Gasteiger partial charge on any atom is 0.220 e. The van der Waals surface area contributed by atoms with Gasteiger partial charge in [-0.1, -0.05) is 24.3 Å². The molecule has 0 spiro atoms. The molecular formula is C20H27N3O. The van der Waals surface area contributed by atoms with Crippen LogP contribution in [0.2, 0.25) is 0 Å². The van der Waals surface area contributed by atoms with Gasteiger partial charge in [-0.3, -0.25) is 9.69 Å². The lowest BCUT2D eigenvalue weighted by molar-refractivity contribution is -0.121. The van der Waals surface area contributed by atoms with E-state index in [1.165, 1.54) is 16.8 Å². The molecule has 3 rings (SSSR count). The fourth-order valence-electron chi connectivity index (χ4n) is 3.49. The summed E-state index contributed by atoms with van der Waals surface area (Å²) < 4.78 is 2.07. The molecule has 4 nitrogen and oxygen atoms in total. The summed E-state index contributed by atoms with van der Waals surface area (Å²) in [5, 5.41) is 3.14. The fraction of sp³-hybridized carbons (Fsp3) is 0.450. The molecular weight excluding hydrogens is 298 g/mol. The number of benzene rings is 1. The minimum absolute atomic E-state index is 0.140. The van der Waals surface area contributed by atoms with Crippen LogP contribution in [0.1, 0.15) is 30.2 Å². The molecule has 1 aliphatic heterocycles. The van der Waals surface area contributed by atoms with Gasteiger partial charge in [-0.05, 0) is 43.0 Å². The van der Waals surface area contributed by atoms with Crippen LogP contribution in [0.3, 0.4) is 0 Å². The lowest BCUT2D eigenvalue weighted by Crippen LogP contribution is -2.43. The molecule has 2 heterocycles. The largest absolute Gasteiger partial charge is 0.354 e. The second-order valence-corrected chi connectivity index (χ2v) is 6.83. The lowest BCUT2D eigenvalue weighted by atomic mass is 10.00. The SMILES string of the molecule is C[C@H](CN1CCc2ccccc2C1)NC(=O)CCc1cccn1C. The highest BCUT2D eigenvalue weighted by Crippen LogP contribution is 2.18. The summed E-state index contributed by atoms with van der Waals surface area (Å²) in [7, 11) is 2.02. The van der Waals surface area contributed by atoms with E-state index < -0.39 is 0 Å². The Balaban J connectivity index is 1.43. The number of aromatic nitrogens is 1. The summed E-state index contributed by atoms with van der Waals surface area (Å²) in [5.41, 5.74) is 4.09. The minimum atomic E-state index is 0.140. The Morgan fingerprint density at radius 3 is 2.75 bits per heavy atom. The number of carbonyl (C=O) groups excluding carboxylic acids is 1. The van der Waals surface area contributed by atoms with Crippen molar-refractivity contribution in [3.05, 3.63) is 59.4 Å². The van der Waals surface area contributed by atoms with Crippen LogP contribution < -0.4 is 5.32 Å². The topological polar surface area (TPSA) is 37.3 Å². The maximum absolute atomic E-state index is 12.2. The van der Waals surface area contributed by atoms with Crippen molar-refractivity contribution in [2.24, 2.45) is 7.05 Å². The predicted octanol–water partition coefficient (Wildman–Crippen LogP) is 2.52. The molecule has 0 fully saturated rings. The fourth-order valence-corrected chi connectivity index (χ4v) is 3.49. The molecule has 0 unspecified atom stereocenters. The van der Waals surface area contributed by atoms with Crippen molar-refractivity contribution in [1.29, 1.82) is 0 Å². The molecule has 0 aliphatic carbocycles. The van der Waals surface area contributed by atoms with Crippen LogP contribution in [0.25, 0.3) is 0 Å². The summed E-state index contributed by atoms with van der Waals surface area (Å²) in [6.45, 7) is 5.06. The Hall–Kier alpha value is -2.07. The minimum Gasteiger partial charge on any atom is -0.354 e. The van der Waals surface area contributed by atoms with Gasteiger partial charge in [0, 0.05) is 51.0 Å². The van der Waals surface area contributed by atoms with Gasteiger partial charge in [0.1, 0.15) is 0 Å². The monoisotopic (exact) mass is 325 g/mol. The summed E-state index contributed by atoms with van der Waals surface area (Å²) in [6, 6.07) is 12.9. The number of amides is 1. The number of hydrogen-bond acceptors (Lipinski definition) is 2. The summed E-state index contributed by atoms with van der Waals surface area (Å²) in [6.07, 6.45) is 4.46. The van der Waals surface area contributed by atoms with Gasteiger partial charge >= 0.3 is 0 Å². The van der Waals surface area contributed by atoms with E-state index in [4.69, 9.17) is 0 Å². The van der Waals surface area contributed by atoms with Gasteiger partial charge in [-0.15, -0.1) is 0 Å². The van der Waals surface area contributed by atoms with E-state index in [1.807, 2.05) is 19.3 Å². The third-order valence-corrected chi connectivity index (χ3v) is 4.81. The molecule has 1 aliphatic rings. The van der Waals surface area contributed by atoms with Crippen LogP contribution >= 0.6 is 0 Å². The smallest absolute Gasteiger partial charge is 0.220 e. The highest BCUT2D eigenvalue weighted by Gasteiger charge is 2.18. The first kappa shape index (κ1) is 16.8. The van der Waals surface area contributed by atoms with E-state index in [9.17, 15) is 4.79 Å². The summed E-state index contributed by atoms with van der Waals surface area (Å²) in [4.78, 5) is 14.6. The molecule has 0 saturated carbocycles. The van der Waals surface area contributed by atoms with Gasteiger partial charge in [0.25, 0.3) is 0 Å². The first-order valence-corrected chi connectivity index (χ1v) is 8.80. The Bertz CT molecular complexity index is 692. The van der Waals surface area contributed by atoms with Crippen LogP contribution in [-0.2, 0) is 31.2 Å². The highest BCUT2D eigenvalue weighted by molar-refractivity contribution is 5.76. The molecule has 1 atom stereocenters. The molecule has 1 N–H and O–H groups in total. The molecule has 1 amide bonds. The summed E-state index contributed by atoms with van der Waals surface area (Å²) >= 11 is 0. The lowest BCUT2D eigenvalue weighted by Gasteiger charge is -2.31. The van der Waals surface area contributed by atoms with E-state index in [0.29, 0.717) is 6.42 Å². The average molecular weight is 325 g/mol. The quantitative estimate of drug-likeness (QED) is 0.886. The molecule has 0 bridgehead atoms. The standard InChI is InChI=1S/C20H27N3O/c1-16(21-20(24)10-9-19-8-5-12-22(19)2)14-23-13-11-17-6-3-4-7-18(17)15-23/h3-8,12,16H,9-11,13-15H2,1-2H3,(H,21,24)/t16-/m1/s1. The normalized spacial score (nSPS) is 15.8. The first-order valence-electron chi connectivity index (χ1n) is 8.80. The molecule has 0 radical (unpaired) electrons. The van der Waals surface area contributed by atoms with Crippen LogP contribution in [-0.4, -0.2) is 34.5 Å². The molecule has 1 aromatic carbocycles. The second-order valence-electron chi connectivity index (χ2n) is 6.83. The van der Waals surface area contributed by atoms with E-state index in [-0.39, 0.29) is 11.9 Å². The Kier molecular flexibility index (Phi) is 5.36. The van der Waals surface area contributed by atoms with Gasteiger partial charge < -0.3 is 9.88 Å². The van der Waals surface area contributed by atoms with Crippen molar-refractivity contribution >= 4 is 5.91 Å². The third-order valence-electron chi connectivity index (χ3n) is 4.81. The van der Waals surface area contributed by atoms with Gasteiger partial charge in [0.15, 0.2) is 0 Å². The zero-order valence-corrected chi connectivity index (χ0v) is 14.7. The molecule has 24 heavy (non-hydrogen) atoms. The number of hydrogen-bond donors (Lipinski definition) is 1. The van der Waals surface area contributed by atoms with E-state index >= 15 is 0 Å². The van der Waals surface area contributed by atoms with Crippen molar-refractivity contribution in [2.45, 2.75) is 38.8 Å². The number of fused-ring (bicyclic) bond motifs is 1. The van der Waals surface area contributed by atoms with E-state index in [0.717, 1.165) is 32.5 Å². The van der Waals surface area contributed by atoms with Crippen LogP contribution in [0.5, 0.6) is 0 Å². The zero-order chi connectivity index (χ0) is 16.9. The molecule has 2 aromatic rings. The molecule has 1 aromatic heterocycles. The predicted molar refractivity (Wildman–Crippen MR) is 96.8 cm³/mol. The maximum atomic E-state index is 12.2. The third kappa shape index (κ3) is 4.26. The summed E-state index contributed by atoms with van der Waals surface area (Å²) in [5.74, 6) is 0.140. The Morgan fingerprint density at radius 1 is 1.21 bits per heavy atom. The van der Waals surface area contributed by atoms with Crippen molar-refractivity contribution in [3.63, 3.8) is 0 Å². The van der Waals surface area contributed by atoms with E-state index in [2.05, 4.69) is 52.0 Å².